The Morgan fingerprint density at radius 1 is 1.42 bits per heavy atom. The lowest BCUT2D eigenvalue weighted by molar-refractivity contribution is 0.607. The molecule has 1 fully saturated rings. The fourth-order valence-corrected chi connectivity index (χ4v) is 2.89. The summed E-state index contributed by atoms with van der Waals surface area (Å²) in [7, 11) is -3.27. The number of hydrogen-bond acceptors (Lipinski definition) is 3. The number of rotatable bonds is 6. The maximum absolute atomic E-state index is 11.2. The van der Waals surface area contributed by atoms with Crippen LogP contribution < -0.4 is 10.0 Å². The Morgan fingerprint density at radius 3 is 2.63 bits per heavy atom. The van der Waals surface area contributed by atoms with Gasteiger partial charge in [0, 0.05) is 6.04 Å². The number of nitrogens with one attached hydrogen (secondary N) is 2. The van der Waals surface area contributed by atoms with Crippen LogP contribution in [0.3, 0.4) is 0 Å². The van der Waals surface area contributed by atoms with E-state index in [2.05, 4.69) is 17.0 Å². The monoisotopic (exact) mass is 302 g/mol. The molecule has 0 bridgehead atoms. The van der Waals surface area contributed by atoms with E-state index in [-0.39, 0.29) is 0 Å². The van der Waals surface area contributed by atoms with Crippen LogP contribution in [0.5, 0.6) is 0 Å². The SMILES string of the molecule is CCC(Nc1cc(NS(C)(=O)=O)ccc1Cl)C1CC1. The Morgan fingerprint density at radius 2 is 2.11 bits per heavy atom. The lowest BCUT2D eigenvalue weighted by atomic mass is 10.1. The Hall–Kier alpha value is -0.940. The highest BCUT2D eigenvalue weighted by atomic mass is 35.5. The van der Waals surface area contributed by atoms with Crippen molar-refractivity contribution < 1.29 is 8.42 Å². The molecule has 19 heavy (non-hydrogen) atoms. The average molecular weight is 303 g/mol. The summed E-state index contributed by atoms with van der Waals surface area (Å²) in [5.74, 6) is 0.715. The Kier molecular flexibility index (Phi) is 4.26. The fourth-order valence-electron chi connectivity index (χ4n) is 2.17. The summed E-state index contributed by atoms with van der Waals surface area (Å²) in [5.41, 5.74) is 1.31. The molecule has 0 radical (unpaired) electrons. The molecule has 1 unspecified atom stereocenters. The minimum absolute atomic E-state index is 0.408. The largest absolute Gasteiger partial charge is 0.381 e. The quantitative estimate of drug-likeness (QED) is 0.847. The van der Waals surface area contributed by atoms with E-state index in [0.29, 0.717) is 22.7 Å². The first-order valence-electron chi connectivity index (χ1n) is 6.43. The van der Waals surface area contributed by atoms with Crippen molar-refractivity contribution in [2.75, 3.05) is 16.3 Å². The molecule has 2 N–H and O–H groups in total. The first kappa shape index (κ1) is 14.5. The van der Waals surface area contributed by atoms with Gasteiger partial charge in [0.25, 0.3) is 0 Å². The number of anilines is 2. The van der Waals surface area contributed by atoms with Gasteiger partial charge in [0.05, 0.1) is 22.7 Å². The van der Waals surface area contributed by atoms with E-state index < -0.39 is 10.0 Å². The van der Waals surface area contributed by atoms with Crippen molar-refractivity contribution in [3.63, 3.8) is 0 Å². The zero-order valence-electron chi connectivity index (χ0n) is 11.1. The van der Waals surface area contributed by atoms with E-state index in [4.69, 9.17) is 11.6 Å². The predicted molar refractivity (Wildman–Crippen MR) is 80.3 cm³/mol. The third kappa shape index (κ3) is 4.28. The standard InChI is InChI=1S/C13H19ClN2O2S/c1-3-12(9-4-5-9)15-13-8-10(6-7-11(13)14)16-19(2,17)18/h6-9,12,15-16H,3-5H2,1-2H3. The second-order valence-corrected chi connectivity index (χ2v) is 7.22. The molecule has 1 aromatic carbocycles. The molecular formula is C13H19ClN2O2S. The zero-order chi connectivity index (χ0) is 14.0. The van der Waals surface area contributed by atoms with E-state index in [0.717, 1.165) is 18.4 Å². The lowest BCUT2D eigenvalue weighted by Gasteiger charge is -2.19. The number of hydrogen-bond donors (Lipinski definition) is 2. The van der Waals surface area contributed by atoms with Crippen molar-refractivity contribution in [1.29, 1.82) is 0 Å². The van der Waals surface area contributed by atoms with Gasteiger partial charge in [-0.25, -0.2) is 8.42 Å². The first-order valence-corrected chi connectivity index (χ1v) is 8.70. The Labute approximate surface area is 119 Å². The van der Waals surface area contributed by atoms with Crippen LogP contribution in [0.25, 0.3) is 0 Å². The maximum atomic E-state index is 11.2. The van der Waals surface area contributed by atoms with Crippen LogP contribution in [0.15, 0.2) is 18.2 Å². The van der Waals surface area contributed by atoms with Gasteiger partial charge in [0.2, 0.25) is 10.0 Å². The van der Waals surface area contributed by atoms with E-state index in [1.165, 1.54) is 12.8 Å². The molecule has 1 atom stereocenters. The first-order chi connectivity index (χ1) is 8.89. The van der Waals surface area contributed by atoms with E-state index in [1.807, 2.05) is 0 Å². The molecule has 0 saturated heterocycles. The van der Waals surface area contributed by atoms with Crippen LogP contribution >= 0.6 is 11.6 Å². The summed E-state index contributed by atoms with van der Waals surface area (Å²) in [6.07, 6.45) is 4.67. The normalized spacial score (nSPS) is 17.0. The van der Waals surface area contributed by atoms with Gasteiger partial charge in [-0.15, -0.1) is 0 Å². The van der Waals surface area contributed by atoms with Crippen molar-refractivity contribution >= 4 is 33.0 Å². The third-order valence-corrected chi connectivity index (χ3v) is 4.18. The van der Waals surface area contributed by atoms with Crippen LogP contribution in [0.4, 0.5) is 11.4 Å². The molecular weight excluding hydrogens is 284 g/mol. The van der Waals surface area contributed by atoms with Gasteiger partial charge in [-0.2, -0.15) is 0 Å². The summed E-state index contributed by atoms with van der Waals surface area (Å²) in [5, 5.41) is 4.03. The average Bonchev–Trinajstić information content (AvgIpc) is 3.12. The minimum atomic E-state index is -3.27. The van der Waals surface area contributed by atoms with Gasteiger partial charge in [-0.05, 0) is 43.4 Å². The molecule has 6 heteroatoms. The molecule has 4 nitrogen and oxygen atoms in total. The minimum Gasteiger partial charge on any atom is -0.381 e. The summed E-state index contributed by atoms with van der Waals surface area (Å²) in [6, 6.07) is 5.52. The van der Waals surface area contributed by atoms with Crippen molar-refractivity contribution in [2.45, 2.75) is 32.2 Å². The van der Waals surface area contributed by atoms with Crippen LogP contribution in [0.2, 0.25) is 5.02 Å². The molecule has 1 aromatic rings. The summed E-state index contributed by atoms with van der Waals surface area (Å²) < 4.78 is 24.9. The molecule has 0 heterocycles. The zero-order valence-corrected chi connectivity index (χ0v) is 12.7. The number of sulfonamides is 1. The Balaban J connectivity index is 2.16. The highest BCUT2D eigenvalue weighted by Crippen LogP contribution is 2.37. The van der Waals surface area contributed by atoms with Crippen LogP contribution in [0, 0.1) is 5.92 Å². The van der Waals surface area contributed by atoms with Crippen LogP contribution in [-0.2, 0) is 10.0 Å². The van der Waals surface area contributed by atoms with Gasteiger partial charge in [-0.3, -0.25) is 4.72 Å². The van der Waals surface area contributed by atoms with Gasteiger partial charge in [-0.1, -0.05) is 18.5 Å². The summed E-state index contributed by atoms with van der Waals surface area (Å²) in [4.78, 5) is 0. The van der Waals surface area contributed by atoms with Crippen molar-refractivity contribution in [2.24, 2.45) is 5.92 Å². The molecule has 1 saturated carbocycles. The molecule has 1 aliphatic carbocycles. The third-order valence-electron chi connectivity index (χ3n) is 3.24. The second kappa shape index (κ2) is 5.59. The molecule has 2 rings (SSSR count). The number of halogens is 1. The molecule has 1 aliphatic rings. The van der Waals surface area contributed by atoms with E-state index in [9.17, 15) is 8.42 Å². The smallest absolute Gasteiger partial charge is 0.229 e. The van der Waals surface area contributed by atoms with Crippen LogP contribution in [0.1, 0.15) is 26.2 Å². The van der Waals surface area contributed by atoms with E-state index >= 15 is 0 Å². The van der Waals surface area contributed by atoms with E-state index in [1.54, 1.807) is 18.2 Å². The summed E-state index contributed by atoms with van der Waals surface area (Å²) in [6.45, 7) is 2.14. The summed E-state index contributed by atoms with van der Waals surface area (Å²) >= 11 is 6.15. The van der Waals surface area contributed by atoms with Gasteiger partial charge < -0.3 is 5.32 Å². The molecule has 0 amide bonds. The van der Waals surface area contributed by atoms with Gasteiger partial charge in [0.15, 0.2) is 0 Å². The second-order valence-electron chi connectivity index (χ2n) is 5.07. The lowest BCUT2D eigenvalue weighted by Crippen LogP contribution is -2.21. The van der Waals surface area contributed by atoms with Gasteiger partial charge >= 0.3 is 0 Å². The maximum Gasteiger partial charge on any atom is 0.229 e. The molecule has 106 valence electrons. The molecule has 0 aliphatic heterocycles. The van der Waals surface area contributed by atoms with Gasteiger partial charge in [0.1, 0.15) is 0 Å². The predicted octanol–water partition coefficient (Wildman–Crippen LogP) is 3.31. The molecule has 0 aromatic heterocycles. The highest BCUT2D eigenvalue weighted by Gasteiger charge is 2.30. The highest BCUT2D eigenvalue weighted by molar-refractivity contribution is 7.92. The molecule has 0 spiro atoms. The van der Waals surface area contributed by atoms with Crippen molar-refractivity contribution in [3.8, 4) is 0 Å². The van der Waals surface area contributed by atoms with Crippen molar-refractivity contribution in [3.05, 3.63) is 23.2 Å². The van der Waals surface area contributed by atoms with Crippen LogP contribution in [-0.4, -0.2) is 20.7 Å². The number of benzene rings is 1. The fraction of sp³-hybridized carbons (Fsp3) is 0.538. The Bertz CT molecular complexity index is 556. The topological polar surface area (TPSA) is 58.2 Å². The van der Waals surface area contributed by atoms with Crippen molar-refractivity contribution in [1.82, 2.24) is 0 Å².